The Kier molecular flexibility index (Phi) is 2.60. The lowest BCUT2D eigenvalue weighted by Crippen LogP contribution is -2.43. The van der Waals surface area contributed by atoms with Crippen molar-refractivity contribution in [3.63, 3.8) is 0 Å². The molecule has 2 rings (SSSR count). The van der Waals surface area contributed by atoms with Crippen molar-refractivity contribution in [3.8, 4) is 0 Å². The average molecular weight is 205 g/mol. The molecule has 80 valence electrons. The van der Waals surface area contributed by atoms with Gasteiger partial charge in [-0.1, -0.05) is 18.2 Å². The van der Waals surface area contributed by atoms with Crippen molar-refractivity contribution < 1.29 is 4.79 Å². The van der Waals surface area contributed by atoms with Crippen LogP contribution in [-0.4, -0.2) is 19.6 Å². The van der Waals surface area contributed by atoms with E-state index in [-0.39, 0.29) is 12.1 Å². The molecule has 1 unspecified atom stereocenters. The van der Waals surface area contributed by atoms with E-state index in [0.717, 1.165) is 17.7 Å². The number of nitrogens with one attached hydrogen (secondary N) is 1. The Morgan fingerprint density at radius 3 is 3.00 bits per heavy atom. The summed E-state index contributed by atoms with van der Waals surface area (Å²) in [7, 11) is 1.64. The first-order chi connectivity index (χ1) is 7.24. The van der Waals surface area contributed by atoms with Crippen LogP contribution in [0, 0.1) is 0 Å². The van der Waals surface area contributed by atoms with Gasteiger partial charge in [0.1, 0.15) is 0 Å². The fraction of sp³-hybridized carbons (Fsp3) is 0.364. The third-order valence-electron chi connectivity index (χ3n) is 2.75. The van der Waals surface area contributed by atoms with Crippen molar-refractivity contribution in [2.75, 3.05) is 18.5 Å². The van der Waals surface area contributed by atoms with Crippen LogP contribution in [0.15, 0.2) is 24.3 Å². The van der Waals surface area contributed by atoms with Crippen molar-refractivity contribution in [2.45, 2.75) is 12.5 Å². The summed E-state index contributed by atoms with van der Waals surface area (Å²) in [6.45, 7) is 0.678. The molecule has 2 amide bonds. The van der Waals surface area contributed by atoms with Gasteiger partial charge in [-0.15, -0.1) is 0 Å². The molecule has 3 N–H and O–H groups in total. The van der Waals surface area contributed by atoms with Crippen LogP contribution < -0.4 is 16.0 Å². The number of anilines is 1. The number of hydrogen-bond donors (Lipinski definition) is 2. The molecule has 1 atom stereocenters. The van der Waals surface area contributed by atoms with Gasteiger partial charge in [0.25, 0.3) is 0 Å². The van der Waals surface area contributed by atoms with Gasteiger partial charge in [0, 0.05) is 19.6 Å². The van der Waals surface area contributed by atoms with Gasteiger partial charge in [-0.3, -0.25) is 4.90 Å². The highest BCUT2D eigenvalue weighted by atomic mass is 16.2. The summed E-state index contributed by atoms with van der Waals surface area (Å²) in [6, 6.07) is 7.76. The molecule has 0 spiro atoms. The summed E-state index contributed by atoms with van der Waals surface area (Å²) in [5.41, 5.74) is 7.97. The topological polar surface area (TPSA) is 58.4 Å². The number of nitrogens with zero attached hydrogens (tertiary/aromatic N) is 1. The molecule has 1 aliphatic heterocycles. The molecule has 0 saturated carbocycles. The molecule has 1 aliphatic rings. The van der Waals surface area contributed by atoms with E-state index in [1.54, 1.807) is 11.9 Å². The van der Waals surface area contributed by atoms with E-state index >= 15 is 0 Å². The highest BCUT2D eigenvalue weighted by Gasteiger charge is 2.25. The number of rotatable bonds is 0. The van der Waals surface area contributed by atoms with Crippen molar-refractivity contribution in [2.24, 2.45) is 5.73 Å². The monoisotopic (exact) mass is 205 g/mol. The minimum atomic E-state index is -0.0747. The van der Waals surface area contributed by atoms with Crippen molar-refractivity contribution >= 4 is 11.7 Å². The molecular weight excluding hydrogens is 190 g/mol. The lowest BCUT2D eigenvalue weighted by molar-refractivity contribution is 0.247. The summed E-state index contributed by atoms with van der Waals surface area (Å²) < 4.78 is 0. The molecule has 1 aromatic rings. The zero-order valence-electron chi connectivity index (χ0n) is 8.73. The number of hydrogen-bond acceptors (Lipinski definition) is 2. The van der Waals surface area contributed by atoms with Crippen LogP contribution in [0.4, 0.5) is 10.5 Å². The van der Waals surface area contributed by atoms with Crippen LogP contribution in [0.5, 0.6) is 0 Å². The predicted molar refractivity (Wildman–Crippen MR) is 59.8 cm³/mol. The molecule has 0 aromatic heterocycles. The molecule has 4 heteroatoms. The van der Waals surface area contributed by atoms with E-state index in [2.05, 4.69) is 5.32 Å². The fourth-order valence-electron chi connectivity index (χ4n) is 1.94. The highest BCUT2D eigenvalue weighted by Crippen LogP contribution is 2.31. The first-order valence-electron chi connectivity index (χ1n) is 5.08. The summed E-state index contributed by atoms with van der Waals surface area (Å²) in [4.78, 5) is 13.3. The minimum Gasteiger partial charge on any atom is -0.341 e. The standard InChI is InChI=1S/C11H15N3O/c1-13-11(15)14-7-6-9(12)8-4-2-3-5-10(8)14/h2-5,9H,6-7,12H2,1H3,(H,13,15). The van der Waals surface area contributed by atoms with Crippen LogP contribution in [-0.2, 0) is 0 Å². The van der Waals surface area contributed by atoms with Crippen molar-refractivity contribution in [1.82, 2.24) is 5.32 Å². The number of fused-ring (bicyclic) bond motifs is 1. The number of benzene rings is 1. The third kappa shape index (κ3) is 1.68. The molecular formula is C11H15N3O. The fourth-order valence-corrected chi connectivity index (χ4v) is 1.94. The highest BCUT2D eigenvalue weighted by molar-refractivity contribution is 5.93. The molecule has 0 bridgehead atoms. The molecule has 0 saturated heterocycles. The van der Waals surface area contributed by atoms with Crippen LogP contribution >= 0.6 is 0 Å². The quantitative estimate of drug-likeness (QED) is 0.669. The van der Waals surface area contributed by atoms with E-state index in [9.17, 15) is 4.79 Å². The van der Waals surface area contributed by atoms with Crippen LogP contribution in [0.25, 0.3) is 0 Å². The normalized spacial score (nSPS) is 19.6. The minimum absolute atomic E-state index is 0.0436. The van der Waals surface area contributed by atoms with Gasteiger partial charge < -0.3 is 11.1 Å². The number of carbonyl (C=O) groups excluding carboxylic acids is 1. The summed E-state index contributed by atoms with van der Waals surface area (Å²) in [5.74, 6) is 0. The molecule has 0 fully saturated rings. The van der Waals surface area contributed by atoms with Crippen LogP contribution in [0.1, 0.15) is 18.0 Å². The Bertz CT molecular complexity index is 378. The smallest absolute Gasteiger partial charge is 0.321 e. The molecule has 0 aliphatic carbocycles. The molecule has 15 heavy (non-hydrogen) atoms. The molecule has 1 aromatic carbocycles. The Labute approximate surface area is 89.1 Å². The van der Waals surface area contributed by atoms with Gasteiger partial charge in [-0.25, -0.2) is 4.79 Å². The summed E-state index contributed by atoms with van der Waals surface area (Å²) >= 11 is 0. The maximum absolute atomic E-state index is 11.6. The second-order valence-corrected chi connectivity index (χ2v) is 3.66. The average Bonchev–Trinajstić information content (AvgIpc) is 2.29. The number of nitrogens with two attached hydrogens (primary N) is 1. The SMILES string of the molecule is CNC(=O)N1CCC(N)c2ccccc21. The van der Waals surface area contributed by atoms with Crippen molar-refractivity contribution in [3.05, 3.63) is 29.8 Å². The van der Waals surface area contributed by atoms with Gasteiger partial charge in [0.2, 0.25) is 0 Å². The Morgan fingerprint density at radius 2 is 2.27 bits per heavy atom. The maximum Gasteiger partial charge on any atom is 0.321 e. The number of carbonyl (C=O) groups is 1. The predicted octanol–water partition coefficient (Wildman–Crippen LogP) is 1.24. The largest absolute Gasteiger partial charge is 0.341 e. The maximum atomic E-state index is 11.6. The molecule has 4 nitrogen and oxygen atoms in total. The van der Waals surface area contributed by atoms with Crippen LogP contribution in [0.2, 0.25) is 0 Å². The lowest BCUT2D eigenvalue weighted by atomic mass is 9.97. The van der Waals surface area contributed by atoms with E-state index < -0.39 is 0 Å². The van der Waals surface area contributed by atoms with Crippen LogP contribution in [0.3, 0.4) is 0 Å². The second kappa shape index (κ2) is 3.90. The summed E-state index contributed by atoms with van der Waals surface area (Å²) in [5, 5.41) is 2.64. The lowest BCUT2D eigenvalue weighted by Gasteiger charge is -2.32. The zero-order valence-corrected chi connectivity index (χ0v) is 8.73. The van der Waals surface area contributed by atoms with Crippen molar-refractivity contribution in [1.29, 1.82) is 0 Å². The third-order valence-corrected chi connectivity index (χ3v) is 2.75. The summed E-state index contributed by atoms with van der Waals surface area (Å²) in [6.07, 6.45) is 0.810. The Balaban J connectivity index is 2.40. The van der Waals surface area contributed by atoms with Gasteiger partial charge in [-0.05, 0) is 18.1 Å². The van der Waals surface area contributed by atoms with Gasteiger partial charge in [0.05, 0.1) is 5.69 Å². The van der Waals surface area contributed by atoms with Gasteiger partial charge in [-0.2, -0.15) is 0 Å². The zero-order chi connectivity index (χ0) is 10.8. The van der Waals surface area contributed by atoms with E-state index in [0.29, 0.717) is 6.54 Å². The number of amides is 2. The van der Waals surface area contributed by atoms with Gasteiger partial charge >= 0.3 is 6.03 Å². The Morgan fingerprint density at radius 1 is 1.53 bits per heavy atom. The molecule has 1 heterocycles. The molecule has 0 radical (unpaired) electrons. The van der Waals surface area contributed by atoms with E-state index in [1.165, 1.54) is 0 Å². The second-order valence-electron chi connectivity index (χ2n) is 3.66. The van der Waals surface area contributed by atoms with E-state index in [4.69, 9.17) is 5.73 Å². The number of urea groups is 1. The Hall–Kier alpha value is -1.55. The van der Waals surface area contributed by atoms with E-state index in [1.807, 2.05) is 24.3 Å². The van der Waals surface area contributed by atoms with Gasteiger partial charge in [0.15, 0.2) is 0 Å². The number of para-hydroxylation sites is 1. The first-order valence-corrected chi connectivity index (χ1v) is 5.08. The first kappa shape index (κ1) is 9.98.